The molecule has 2 aliphatic heterocycles. The van der Waals surface area contributed by atoms with Crippen LogP contribution >= 0.6 is 15.9 Å². The summed E-state index contributed by atoms with van der Waals surface area (Å²) in [5.74, 6) is 0.722. The molecule has 0 radical (unpaired) electrons. The number of rotatable bonds is 3. The number of ether oxygens (including phenoxy) is 1. The molecule has 4 nitrogen and oxygen atoms in total. The van der Waals surface area contributed by atoms with Crippen molar-refractivity contribution in [3.63, 3.8) is 0 Å². The van der Waals surface area contributed by atoms with Gasteiger partial charge in [-0.15, -0.1) is 0 Å². The van der Waals surface area contributed by atoms with E-state index in [2.05, 4.69) is 20.8 Å². The zero-order chi connectivity index (χ0) is 14.8. The van der Waals surface area contributed by atoms with E-state index in [0.717, 1.165) is 24.0 Å². The molecule has 21 heavy (non-hydrogen) atoms. The smallest absolute Gasteiger partial charge is 0.257 e. The van der Waals surface area contributed by atoms with Crippen molar-refractivity contribution in [2.75, 3.05) is 33.3 Å². The SMILES string of the molecule is COc1cc(Br)ccc1C(=O)N1CCC(N2CCCC2)C1. The number of halogens is 1. The minimum Gasteiger partial charge on any atom is -0.496 e. The number of methoxy groups -OCH3 is 1. The van der Waals surface area contributed by atoms with E-state index in [0.29, 0.717) is 17.4 Å². The van der Waals surface area contributed by atoms with Gasteiger partial charge in [-0.2, -0.15) is 0 Å². The number of hydrogen-bond acceptors (Lipinski definition) is 3. The molecule has 2 fully saturated rings. The van der Waals surface area contributed by atoms with Crippen molar-refractivity contribution >= 4 is 21.8 Å². The highest BCUT2D eigenvalue weighted by Gasteiger charge is 2.32. The van der Waals surface area contributed by atoms with Gasteiger partial charge in [-0.3, -0.25) is 9.69 Å². The van der Waals surface area contributed by atoms with E-state index >= 15 is 0 Å². The lowest BCUT2D eigenvalue weighted by atomic mass is 10.2. The average Bonchev–Trinajstić information content (AvgIpc) is 3.17. The van der Waals surface area contributed by atoms with Gasteiger partial charge in [0.05, 0.1) is 12.7 Å². The summed E-state index contributed by atoms with van der Waals surface area (Å²) < 4.78 is 6.27. The maximum atomic E-state index is 12.7. The zero-order valence-corrected chi connectivity index (χ0v) is 13.9. The van der Waals surface area contributed by atoms with Gasteiger partial charge in [0.25, 0.3) is 5.91 Å². The Kier molecular flexibility index (Phi) is 4.50. The van der Waals surface area contributed by atoms with E-state index < -0.39 is 0 Å². The Hall–Kier alpha value is -1.07. The van der Waals surface area contributed by atoms with Crippen LogP contribution in [0.1, 0.15) is 29.6 Å². The summed E-state index contributed by atoms with van der Waals surface area (Å²) in [4.78, 5) is 17.2. The van der Waals surface area contributed by atoms with Crippen LogP contribution in [0.3, 0.4) is 0 Å². The molecule has 0 aromatic heterocycles. The molecule has 1 atom stereocenters. The first-order chi connectivity index (χ1) is 10.2. The first kappa shape index (κ1) is 14.9. The quantitative estimate of drug-likeness (QED) is 0.838. The van der Waals surface area contributed by atoms with Crippen LogP contribution in [-0.4, -0.2) is 55.0 Å². The average molecular weight is 353 g/mol. The van der Waals surface area contributed by atoms with Crippen molar-refractivity contribution in [3.8, 4) is 5.75 Å². The molecule has 0 aliphatic carbocycles. The number of carbonyl (C=O) groups is 1. The molecule has 1 amide bonds. The van der Waals surface area contributed by atoms with Crippen LogP contribution in [0, 0.1) is 0 Å². The van der Waals surface area contributed by atoms with Crippen molar-refractivity contribution in [2.24, 2.45) is 0 Å². The van der Waals surface area contributed by atoms with Gasteiger partial charge in [-0.05, 0) is 50.6 Å². The summed E-state index contributed by atoms with van der Waals surface area (Å²) in [5.41, 5.74) is 0.655. The molecule has 0 saturated carbocycles. The Morgan fingerprint density at radius 1 is 1.29 bits per heavy atom. The Morgan fingerprint density at radius 3 is 2.76 bits per heavy atom. The third-order valence-electron chi connectivity index (χ3n) is 4.50. The van der Waals surface area contributed by atoms with Crippen LogP contribution < -0.4 is 4.74 Å². The van der Waals surface area contributed by atoms with Crippen molar-refractivity contribution < 1.29 is 9.53 Å². The summed E-state index contributed by atoms with van der Waals surface area (Å²) in [6.45, 7) is 4.07. The Labute approximate surface area is 134 Å². The topological polar surface area (TPSA) is 32.8 Å². The normalized spacial score (nSPS) is 22.8. The van der Waals surface area contributed by atoms with Gasteiger partial charge in [-0.25, -0.2) is 0 Å². The van der Waals surface area contributed by atoms with Crippen LogP contribution in [0.4, 0.5) is 0 Å². The number of carbonyl (C=O) groups excluding carboxylic acids is 1. The van der Waals surface area contributed by atoms with Gasteiger partial charge >= 0.3 is 0 Å². The molecular formula is C16H21BrN2O2. The van der Waals surface area contributed by atoms with Gasteiger partial charge in [0.2, 0.25) is 0 Å². The molecular weight excluding hydrogens is 332 g/mol. The highest BCUT2D eigenvalue weighted by atomic mass is 79.9. The van der Waals surface area contributed by atoms with Crippen molar-refractivity contribution in [1.82, 2.24) is 9.80 Å². The summed E-state index contributed by atoms with van der Waals surface area (Å²) in [6.07, 6.45) is 3.68. The summed E-state index contributed by atoms with van der Waals surface area (Å²) in [5, 5.41) is 0. The number of benzene rings is 1. The lowest BCUT2D eigenvalue weighted by Crippen LogP contribution is -2.37. The standard InChI is InChI=1S/C16H21BrN2O2/c1-21-15-10-12(17)4-5-14(15)16(20)19-9-6-13(11-19)18-7-2-3-8-18/h4-5,10,13H,2-3,6-9,11H2,1H3. The Morgan fingerprint density at radius 2 is 2.05 bits per heavy atom. The minimum absolute atomic E-state index is 0.0843. The predicted octanol–water partition coefficient (Wildman–Crippen LogP) is 2.77. The van der Waals surface area contributed by atoms with E-state index in [4.69, 9.17) is 4.74 Å². The van der Waals surface area contributed by atoms with Crippen molar-refractivity contribution in [3.05, 3.63) is 28.2 Å². The maximum absolute atomic E-state index is 12.7. The highest BCUT2D eigenvalue weighted by Crippen LogP contribution is 2.27. The molecule has 1 aromatic rings. The first-order valence-electron chi connectivity index (χ1n) is 7.56. The monoisotopic (exact) mass is 352 g/mol. The Bertz CT molecular complexity index is 529. The minimum atomic E-state index is 0.0843. The van der Waals surface area contributed by atoms with Gasteiger partial charge in [0.1, 0.15) is 5.75 Å². The predicted molar refractivity (Wildman–Crippen MR) is 85.8 cm³/mol. The van der Waals surface area contributed by atoms with E-state index in [9.17, 15) is 4.79 Å². The van der Waals surface area contributed by atoms with Gasteiger partial charge in [-0.1, -0.05) is 15.9 Å². The molecule has 5 heteroatoms. The summed E-state index contributed by atoms with van der Waals surface area (Å²) in [6, 6.07) is 6.12. The lowest BCUT2D eigenvalue weighted by Gasteiger charge is -2.24. The molecule has 1 unspecified atom stereocenters. The first-order valence-corrected chi connectivity index (χ1v) is 8.35. The fourth-order valence-electron chi connectivity index (χ4n) is 3.34. The van der Waals surface area contributed by atoms with Crippen LogP contribution in [0.2, 0.25) is 0 Å². The molecule has 3 rings (SSSR count). The summed E-state index contributed by atoms with van der Waals surface area (Å²) >= 11 is 3.41. The molecule has 0 bridgehead atoms. The van der Waals surface area contributed by atoms with E-state index in [1.807, 2.05) is 23.1 Å². The third kappa shape index (κ3) is 3.09. The molecule has 2 aliphatic rings. The molecule has 2 saturated heterocycles. The largest absolute Gasteiger partial charge is 0.496 e. The molecule has 0 spiro atoms. The maximum Gasteiger partial charge on any atom is 0.257 e. The second-order valence-corrected chi connectivity index (χ2v) is 6.70. The Balaban J connectivity index is 1.71. The number of amides is 1. The van der Waals surface area contributed by atoms with E-state index in [1.54, 1.807) is 7.11 Å². The zero-order valence-electron chi connectivity index (χ0n) is 12.3. The molecule has 0 N–H and O–H groups in total. The van der Waals surface area contributed by atoms with E-state index in [1.165, 1.54) is 25.9 Å². The van der Waals surface area contributed by atoms with Crippen molar-refractivity contribution in [1.29, 1.82) is 0 Å². The van der Waals surface area contributed by atoms with Crippen LogP contribution in [-0.2, 0) is 0 Å². The van der Waals surface area contributed by atoms with Crippen molar-refractivity contribution in [2.45, 2.75) is 25.3 Å². The molecule has 1 aromatic carbocycles. The van der Waals surface area contributed by atoms with Gasteiger partial charge in [0, 0.05) is 23.6 Å². The van der Waals surface area contributed by atoms with Crippen LogP contribution in [0.15, 0.2) is 22.7 Å². The summed E-state index contributed by atoms with van der Waals surface area (Å²) in [7, 11) is 1.61. The van der Waals surface area contributed by atoms with Crippen LogP contribution in [0.5, 0.6) is 5.75 Å². The molecule has 2 heterocycles. The second kappa shape index (κ2) is 6.36. The van der Waals surface area contributed by atoms with Gasteiger partial charge < -0.3 is 9.64 Å². The number of hydrogen-bond donors (Lipinski definition) is 0. The van der Waals surface area contributed by atoms with E-state index in [-0.39, 0.29) is 5.91 Å². The molecule has 114 valence electrons. The highest BCUT2D eigenvalue weighted by molar-refractivity contribution is 9.10. The number of likely N-dealkylation sites (tertiary alicyclic amines) is 2. The fourth-order valence-corrected chi connectivity index (χ4v) is 3.68. The third-order valence-corrected chi connectivity index (χ3v) is 4.99. The lowest BCUT2D eigenvalue weighted by molar-refractivity contribution is 0.0776. The fraction of sp³-hybridized carbons (Fsp3) is 0.562. The number of nitrogens with zero attached hydrogens (tertiary/aromatic N) is 2. The second-order valence-electron chi connectivity index (χ2n) is 5.78. The van der Waals surface area contributed by atoms with Gasteiger partial charge in [0.15, 0.2) is 0 Å². The van der Waals surface area contributed by atoms with Crippen LogP contribution in [0.25, 0.3) is 0 Å².